The molecule has 0 spiro atoms. The van der Waals surface area contributed by atoms with E-state index in [1.807, 2.05) is 4.68 Å². The van der Waals surface area contributed by atoms with Crippen LogP contribution in [0.4, 0.5) is 0 Å². The molecule has 23 heavy (non-hydrogen) atoms. The molecule has 1 fully saturated rings. The summed E-state index contributed by atoms with van der Waals surface area (Å²) in [5.74, 6) is -0.0775. The lowest BCUT2D eigenvalue weighted by atomic mass is 10.00. The molecule has 4 rings (SSSR count). The van der Waals surface area contributed by atoms with E-state index < -0.39 is 0 Å². The van der Waals surface area contributed by atoms with Crippen molar-refractivity contribution in [3.8, 4) is 0 Å². The lowest BCUT2D eigenvalue weighted by Gasteiger charge is -2.41. The fourth-order valence-electron chi connectivity index (χ4n) is 3.27. The number of aryl methyl sites for hydroxylation is 1. The smallest absolute Gasteiger partial charge is 0.255 e. The van der Waals surface area contributed by atoms with Gasteiger partial charge in [-0.1, -0.05) is 5.21 Å². The first-order valence-electron chi connectivity index (χ1n) is 7.60. The maximum Gasteiger partial charge on any atom is 0.255 e. The minimum atomic E-state index is -0.131. The number of amides is 1. The number of rotatable bonds is 1. The van der Waals surface area contributed by atoms with Crippen molar-refractivity contribution in [2.75, 3.05) is 13.1 Å². The number of carbonyl (C=O) groups excluding carboxylic acids is 1. The molecule has 120 valence electrons. The van der Waals surface area contributed by atoms with Crippen molar-refractivity contribution in [1.82, 2.24) is 24.5 Å². The van der Waals surface area contributed by atoms with Crippen LogP contribution in [0.25, 0.3) is 0 Å². The van der Waals surface area contributed by atoms with Crippen molar-refractivity contribution in [2.24, 2.45) is 7.05 Å². The summed E-state index contributed by atoms with van der Waals surface area (Å²) in [6.07, 6.45) is 4.11. The van der Waals surface area contributed by atoms with Crippen molar-refractivity contribution >= 4 is 5.91 Å². The van der Waals surface area contributed by atoms with E-state index in [9.17, 15) is 9.59 Å². The summed E-state index contributed by atoms with van der Waals surface area (Å²) in [5.41, 5.74) is 1.32. The van der Waals surface area contributed by atoms with Crippen LogP contribution in [0.1, 0.15) is 28.5 Å². The number of ether oxygens (including phenoxy) is 1. The second-order valence-electron chi connectivity index (χ2n) is 5.99. The predicted octanol–water partition coefficient (Wildman–Crippen LogP) is -0.0372. The Bertz CT molecular complexity index is 811. The number of fused-ring (bicyclic) bond motifs is 3. The van der Waals surface area contributed by atoms with Gasteiger partial charge in [0.25, 0.3) is 5.91 Å². The molecule has 0 N–H and O–H groups in total. The van der Waals surface area contributed by atoms with Crippen LogP contribution < -0.4 is 5.56 Å². The molecule has 8 heteroatoms. The van der Waals surface area contributed by atoms with Gasteiger partial charge in [-0.05, 0) is 12.5 Å². The van der Waals surface area contributed by atoms with Gasteiger partial charge in [0.2, 0.25) is 5.56 Å². The second-order valence-corrected chi connectivity index (χ2v) is 5.99. The maximum absolute atomic E-state index is 12.7. The highest BCUT2D eigenvalue weighted by molar-refractivity contribution is 5.94. The number of hydrogen-bond acceptors (Lipinski definition) is 5. The molecular weight excluding hydrogens is 298 g/mol. The van der Waals surface area contributed by atoms with Crippen molar-refractivity contribution < 1.29 is 9.53 Å². The molecule has 2 atom stereocenters. The maximum atomic E-state index is 12.7. The zero-order chi connectivity index (χ0) is 16.0. The Kier molecular flexibility index (Phi) is 3.26. The Morgan fingerprint density at radius 3 is 3.09 bits per heavy atom. The van der Waals surface area contributed by atoms with Crippen molar-refractivity contribution in [2.45, 2.75) is 25.2 Å². The molecule has 0 radical (unpaired) electrons. The third-order valence-electron chi connectivity index (χ3n) is 4.55. The van der Waals surface area contributed by atoms with Gasteiger partial charge < -0.3 is 14.2 Å². The number of carbonyl (C=O) groups is 1. The van der Waals surface area contributed by atoms with Gasteiger partial charge in [-0.2, -0.15) is 0 Å². The van der Waals surface area contributed by atoms with E-state index in [0.29, 0.717) is 25.3 Å². The normalized spacial score (nSPS) is 23.3. The standard InChI is InChI=1S/C15H17N5O3/c1-18-7-10(2-3-14(18)21)15(22)19-5-4-13-12(8-19)20-11(9-23-13)6-16-17-20/h2-3,6-7,12-13H,4-5,8-9H2,1H3/t12-,13+/m0/s1. The number of aromatic nitrogens is 4. The van der Waals surface area contributed by atoms with Crippen LogP contribution in [0, 0.1) is 0 Å². The van der Waals surface area contributed by atoms with Crippen LogP contribution in [0.2, 0.25) is 0 Å². The zero-order valence-corrected chi connectivity index (χ0v) is 12.8. The summed E-state index contributed by atoms with van der Waals surface area (Å²) in [5, 5.41) is 8.07. The van der Waals surface area contributed by atoms with Crippen LogP contribution in [0.15, 0.2) is 29.3 Å². The largest absolute Gasteiger partial charge is 0.370 e. The Labute approximate surface area is 132 Å². The van der Waals surface area contributed by atoms with Gasteiger partial charge >= 0.3 is 0 Å². The molecule has 4 heterocycles. The molecule has 0 bridgehead atoms. The first-order valence-corrected chi connectivity index (χ1v) is 7.60. The quantitative estimate of drug-likeness (QED) is 0.738. The van der Waals surface area contributed by atoms with Gasteiger partial charge in [-0.25, -0.2) is 4.68 Å². The number of nitrogens with zero attached hydrogens (tertiary/aromatic N) is 5. The molecular formula is C15H17N5O3. The molecule has 2 aliphatic heterocycles. The van der Waals surface area contributed by atoms with Gasteiger partial charge in [-0.15, -0.1) is 5.10 Å². The number of likely N-dealkylation sites (tertiary alicyclic amines) is 1. The summed E-state index contributed by atoms with van der Waals surface area (Å²) < 4.78 is 9.14. The third-order valence-corrected chi connectivity index (χ3v) is 4.55. The third kappa shape index (κ3) is 2.35. The van der Waals surface area contributed by atoms with E-state index in [-0.39, 0.29) is 23.6 Å². The summed E-state index contributed by atoms with van der Waals surface area (Å²) >= 11 is 0. The Balaban J connectivity index is 1.58. The van der Waals surface area contributed by atoms with Crippen LogP contribution in [-0.2, 0) is 18.4 Å². The fourth-order valence-corrected chi connectivity index (χ4v) is 3.27. The second kappa shape index (κ2) is 5.31. The van der Waals surface area contributed by atoms with Crippen molar-refractivity contribution in [1.29, 1.82) is 0 Å². The van der Waals surface area contributed by atoms with Gasteiger partial charge in [0, 0.05) is 32.4 Å². The molecule has 2 aromatic heterocycles. The lowest BCUT2D eigenvalue weighted by Crippen LogP contribution is -2.50. The minimum absolute atomic E-state index is 0.00789. The highest BCUT2D eigenvalue weighted by atomic mass is 16.5. The molecule has 0 aliphatic carbocycles. The lowest BCUT2D eigenvalue weighted by molar-refractivity contribution is -0.0605. The van der Waals surface area contributed by atoms with Crippen molar-refractivity contribution in [3.63, 3.8) is 0 Å². The topological polar surface area (TPSA) is 82.2 Å². The Morgan fingerprint density at radius 2 is 2.26 bits per heavy atom. The van der Waals surface area contributed by atoms with Gasteiger partial charge in [0.15, 0.2) is 0 Å². The number of piperidine rings is 1. The van der Waals surface area contributed by atoms with E-state index in [0.717, 1.165) is 12.1 Å². The SMILES string of the molecule is Cn1cc(C(=O)N2CC[C@H]3OCc4cnnn4[C@H]3C2)ccc1=O. The fraction of sp³-hybridized carbons (Fsp3) is 0.467. The Morgan fingerprint density at radius 1 is 1.39 bits per heavy atom. The molecule has 0 saturated carbocycles. The number of hydrogen-bond donors (Lipinski definition) is 0. The van der Waals surface area contributed by atoms with Crippen LogP contribution in [0.3, 0.4) is 0 Å². The summed E-state index contributed by atoms with van der Waals surface area (Å²) in [6.45, 7) is 1.68. The Hall–Kier alpha value is -2.48. The summed E-state index contributed by atoms with van der Waals surface area (Å²) in [7, 11) is 1.64. The zero-order valence-electron chi connectivity index (χ0n) is 12.8. The van der Waals surface area contributed by atoms with Crippen LogP contribution >= 0.6 is 0 Å². The molecule has 8 nitrogen and oxygen atoms in total. The molecule has 0 aromatic carbocycles. The van der Waals surface area contributed by atoms with E-state index in [2.05, 4.69) is 10.3 Å². The molecule has 2 aromatic rings. The predicted molar refractivity (Wildman–Crippen MR) is 79.8 cm³/mol. The van der Waals surface area contributed by atoms with Crippen LogP contribution in [-0.4, -0.2) is 49.6 Å². The average Bonchev–Trinajstić information content (AvgIpc) is 3.05. The molecule has 1 amide bonds. The highest BCUT2D eigenvalue weighted by Crippen LogP contribution is 2.30. The van der Waals surface area contributed by atoms with Gasteiger partial charge in [0.1, 0.15) is 0 Å². The molecule has 1 saturated heterocycles. The summed E-state index contributed by atoms with van der Waals surface area (Å²) in [4.78, 5) is 26.0. The summed E-state index contributed by atoms with van der Waals surface area (Å²) in [6, 6.07) is 2.99. The van der Waals surface area contributed by atoms with E-state index in [1.54, 1.807) is 30.4 Å². The first kappa shape index (κ1) is 14.1. The van der Waals surface area contributed by atoms with Crippen molar-refractivity contribution in [3.05, 3.63) is 46.1 Å². The van der Waals surface area contributed by atoms with E-state index in [4.69, 9.17) is 4.74 Å². The minimum Gasteiger partial charge on any atom is -0.370 e. The molecule has 0 unspecified atom stereocenters. The monoisotopic (exact) mass is 315 g/mol. The van der Waals surface area contributed by atoms with E-state index >= 15 is 0 Å². The van der Waals surface area contributed by atoms with Gasteiger partial charge in [0.05, 0.1) is 36.2 Å². The van der Waals surface area contributed by atoms with Crippen LogP contribution in [0.5, 0.6) is 0 Å². The highest BCUT2D eigenvalue weighted by Gasteiger charge is 2.38. The average molecular weight is 315 g/mol. The molecule has 2 aliphatic rings. The van der Waals surface area contributed by atoms with E-state index in [1.165, 1.54) is 10.6 Å². The van der Waals surface area contributed by atoms with Gasteiger partial charge in [-0.3, -0.25) is 9.59 Å². The number of pyridine rings is 1. The first-order chi connectivity index (χ1) is 11.1.